The Morgan fingerprint density at radius 1 is 0.950 bits per heavy atom. The van der Waals surface area contributed by atoms with Crippen molar-refractivity contribution in [2.75, 3.05) is 11.9 Å². The van der Waals surface area contributed by atoms with E-state index in [0.29, 0.717) is 17.0 Å². The van der Waals surface area contributed by atoms with E-state index in [0.717, 1.165) is 0 Å². The van der Waals surface area contributed by atoms with Crippen LogP contribution in [0.5, 0.6) is 5.75 Å². The highest BCUT2D eigenvalue weighted by Crippen LogP contribution is 2.29. The highest BCUT2D eigenvalue weighted by molar-refractivity contribution is 6.23. The number of aliphatic hydroxyl groups is 1. The zero-order chi connectivity index (χ0) is 14.1. The van der Waals surface area contributed by atoms with Gasteiger partial charge in [0.05, 0.1) is 11.3 Å². The maximum Gasteiger partial charge on any atom is 0.328 e. The van der Waals surface area contributed by atoms with E-state index in [9.17, 15) is 9.59 Å². The van der Waals surface area contributed by atoms with Gasteiger partial charge in [-0.05, 0) is 12.1 Å². The van der Waals surface area contributed by atoms with Gasteiger partial charge in [0, 0.05) is 19.2 Å². The quantitative estimate of drug-likeness (QED) is 0.619. The summed E-state index contributed by atoms with van der Waals surface area (Å²) in [5, 5.41) is 0. The molecular weight excluding hydrogens is 254 g/mol. The molecule has 2 aromatic carbocycles. The lowest BCUT2D eigenvalue weighted by Gasteiger charge is -2.28. The van der Waals surface area contributed by atoms with Crippen LogP contribution in [0.2, 0.25) is 0 Å². The first-order valence-electron chi connectivity index (χ1n) is 6.35. The molecule has 1 atom stereocenters. The summed E-state index contributed by atoms with van der Waals surface area (Å²) in [6.07, 6.45) is -0.989. The number of carbonyl (C=O) groups is 2. The number of carbonyl (C=O) groups excluding carboxylic acids is 2. The third kappa shape index (κ3) is 1.95. The Balaban J connectivity index is 1.97. The van der Waals surface area contributed by atoms with E-state index < -0.39 is 6.10 Å². The Bertz CT molecular complexity index is 666. The Kier molecular flexibility index (Phi) is 2.99. The van der Waals surface area contributed by atoms with Gasteiger partial charge in [0.25, 0.3) is 11.5 Å². The van der Waals surface area contributed by atoms with Gasteiger partial charge in [-0.25, -0.2) is 0 Å². The monoisotopic (exact) mass is 268 g/mol. The van der Waals surface area contributed by atoms with Gasteiger partial charge in [-0.2, -0.15) is 0 Å². The van der Waals surface area contributed by atoms with Gasteiger partial charge in [-0.1, -0.05) is 30.3 Å². The molecule has 0 fully saturated rings. The largest absolute Gasteiger partial charge is 0.568 e. The van der Waals surface area contributed by atoms with E-state index in [1.54, 1.807) is 37.4 Å². The van der Waals surface area contributed by atoms with Crippen LogP contribution in [-0.2, 0) is 4.79 Å². The lowest BCUT2D eigenvalue weighted by molar-refractivity contribution is -0.132. The minimum Gasteiger partial charge on any atom is -0.568 e. The van der Waals surface area contributed by atoms with Gasteiger partial charge >= 0.3 is 12.0 Å². The fourth-order valence-corrected chi connectivity index (χ4v) is 2.31. The lowest BCUT2D eigenvalue weighted by atomic mass is 9.98. The van der Waals surface area contributed by atoms with E-state index in [1.165, 1.54) is 4.90 Å². The van der Waals surface area contributed by atoms with Gasteiger partial charge in [0.15, 0.2) is 0 Å². The molecule has 0 saturated carbocycles. The molecule has 0 saturated heterocycles. The van der Waals surface area contributed by atoms with Crippen molar-refractivity contribution in [3.63, 3.8) is 0 Å². The molecule has 4 nitrogen and oxygen atoms in total. The summed E-state index contributed by atoms with van der Waals surface area (Å²) in [7, 11) is 1.67. The molecule has 1 N–H and O–H groups in total. The van der Waals surface area contributed by atoms with Crippen LogP contribution >= 0.6 is 0 Å². The van der Waals surface area contributed by atoms with Gasteiger partial charge in [-0.15, -0.1) is 0 Å². The smallest absolute Gasteiger partial charge is 0.328 e. The number of benzene rings is 2. The van der Waals surface area contributed by atoms with Crippen LogP contribution in [0.3, 0.4) is 0 Å². The molecule has 1 aliphatic heterocycles. The zero-order valence-electron chi connectivity index (χ0n) is 11.0. The van der Waals surface area contributed by atoms with Crippen molar-refractivity contribution in [3.05, 3.63) is 60.2 Å². The van der Waals surface area contributed by atoms with Crippen molar-refractivity contribution in [1.29, 1.82) is 0 Å². The number of anilines is 1. The number of likely N-dealkylation sites (N-methyl/N-ethyl adjacent to an activating group) is 1. The molecule has 2 aromatic rings. The van der Waals surface area contributed by atoms with Crippen LogP contribution in [-0.4, -0.2) is 29.6 Å². The van der Waals surface area contributed by atoms with Crippen LogP contribution in [0, 0.1) is 0 Å². The first-order chi connectivity index (χ1) is 9.68. The summed E-state index contributed by atoms with van der Waals surface area (Å²) in [4.78, 5) is 26.2. The van der Waals surface area contributed by atoms with Crippen LogP contribution in [0.4, 0.5) is 5.69 Å². The van der Waals surface area contributed by atoms with Crippen molar-refractivity contribution < 1.29 is 14.3 Å². The number of Topliss-reactive ketones (excluding diaryl/α,β-unsaturated/α-hetero) is 1. The average Bonchev–Trinajstić information content (AvgIpc) is 2.50. The van der Waals surface area contributed by atoms with Crippen molar-refractivity contribution in [1.82, 2.24) is 0 Å². The molecule has 1 aliphatic rings. The van der Waals surface area contributed by atoms with Gasteiger partial charge in [-0.3, -0.25) is 9.59 Å². The number of nitrogens with zero attached hydrogens (tertiary/aromatic N) is 1. The molecule has 0 spiro atoms. The predicted molar refractivity (Wildman–Crippen MR) is 76.1 cm³/mol. The first kappa shape index (κ1) is 12.4. The van der Waals surface area contributed by atoms with Crippen LogP contribution in [0.15, 0.2) is 54.6 Å². The SMILES string of the molecule is CN1C(=O)C([OH+]c2ccccc2)C(=O)c2ccccc21. The van der Waals surface area contributed by atoms with E-state index >= 15 is 0 Å². The van der Waals surface area contributed by atoms with Gasteiger partial charge in [0.2, 0.25) is 0 Å². The summed E-state index contributed by atoms with van der Waals surface area (Å²) < 4.78 is 4.29. The summed E-state index contributed by atoms with van der Waals surface area (Å²) >= 11 is 0. The Morgan fingerprint density at radius 2 is 1.60 bits per heavy atom. The highest BCUT2D eigenvalue weighted by Gasteiger charge is 2.43. The van der Waals surface area contributed by atoms with Crippen molar-refractivity contribution in [2.45, 2.75) is 6.10 Å². The fraction of sp³-hybridized carbons (Fsp3) is 0.125. The second-order valence-electron chi connectivity index (χ2n) is 4.65. The van der Waals surface area contributed by atoms with E-state index in [-0.39, 0.29) is 11.7 Å². The third-order valence-electron chi connectivity index (χ3n) is 3.38. The molecule has 0 aromatic heterocycles. The third-order valence-corrected chi connectivity index (χ3v) is 3.38. The number of hydrogen-bond donors (Lipinski definition) is 0. The number of aromatic hydroxyl groups is 1. The van der Waals surface area contributed by atoms with Crippen molar-refractivity contribution in [3.8, 4) is 5.75 Å². The number of amides is 1. The Morgan fingerprint density at radius 3 is 2.35 bits per heavy atom. The van der Waals surface area contributed by atoms with Gasteiger partial charge < -0.3 is 9.64 Å². The molecule has 100 valence electrons. The summed E-state index contributed by atoms with van der Waals surface area (Å²) in [5.74, 6) is 0.0945. The minimum atomic E-state index is -0.989. The van der Waals surface area contributed by atoms with Crippen LogP contribution in [0.1, 0.15) is 10.4 Å². The van der Waals surface area contributed by atoms with Gasteiger partial charge in [0.1, 0.15) is 0 Å². The number of para-hydroxylation sites is 2. The molecule has 1 amide bonds. The predicted octanol–water partition coefficient (Wildman–Crippen LogP) is 2.16. The van der Waals surface area contributed by atoms with Crippen molar-refractivity contribution >= 4 is 17.4 Å². The second kappa shape index (κ2) is 4.81. The number of ether oxygens (including phenoxy) is 1. The van der Waals surface area contributed by atoms with Crippen LogP contribution in [0.25, 0.3) is 0 Å². The maximum absolute atomic E-state index is 12.4. The molecule has 0 radical (unpaired) electrons. The topological polar surface area (TPSA) is 50.2 Å². The van der Waals surface area contributed by atoms with E-state index in [4.69, 9.17) is 0 Å². The number of ketones is 1. The number of hydrogen-bond acceptors (Lipinski definition) is 2. The molecule has 0 aliphatic carbocycles. The Labute approximate surface area is 116 Å². The summed E-state index contributed by atoms with van der Waals surface area (Å²) in [5.41, 5.74) is 1.18. The fourth-order valence-electron chi connectivity index (χ4n) is 2.31. The summed E-state index contributed by atoms with van der Waals surface area (Å²) in [6.45, 7) is 0. The van der Waals surface area contributed by atoms with E-state index in [1.807, 2.05) is 24.3 Å². The van der Waals surface area contributed by atoms with Crippen molar-refractivity contribution in [2.24, 2.45) is 0 Å². The van der Waals surface area contributed by atoms with Crippen LogP contribution < -0.4 is 4.90 Å². The zero-order valence-corrected chi connectivity index (χ0v) is 11.0. The molecule has 3 rings (SSSR count). The first-order valence-corrected chi connectivity index (χ1v) is 6.35. The standard InChI is InChI=1S/C16H13NO3/c1-17-13-10-6-5-9-12(13)14(18)15(16(17)19)20-11-7-3-2-4-8-11/h2-10,15H,1H3/p+1. The summed E-state index contributed by atoms with van der Waals surface area (Å²) in [6, 6.07) is 16.2. The Hall–Kier alpha value is -2.62. The molecule has 20 heavy (non-hydrogen) atoms. The molecule has 4 heteroatoms. The second-order valence-corrected chi connectivity index (χ2v) is 4.65. The maximum atomic E-state index is 12.4. The highest BCUT2D eigenvalue weighted by atomic mass is 16.5. The molecule has 1 unspecified atom stereocenters. The lowest BCUT2D eigenvalue weighted by Crippen LogP contribution is -2.48. The molecule has 0 bridgehead atoms. The number of fused-ring (bicyclic) bond motifs is 1. The number of rotatable bonds is 2. The minimum absolute atomic E-state index is 0.243. The normalized spacial score (nSPS) is 17.9. The average molecular weight is 268 g/mol. The molecular formula is C16H14NO3+. The van der Waals surface area contributed by atoms with E-state index in [2.05, 4.69) is 4.74 Å². The molecule has 1 heterocycles.